The van der Waals surface area contributed by atoms with Crippen molar-refractivity contribution in [2.45, 2.75) is 52.6 Å². The van der Waals surface area contributed by atoms with Gasteiger partial charge >= 0.3 is 5.69 Å². The summed E-state index contributed by atoms with van der Waals surface area (Å²) in [5.41, 5.74) is 4.10. The predicted molar refractivity (Wildman–Crippen MR) is 120 cm³/mol. The summed E-state index contributed by atoms with van der Waals surface area (Å²) >= 11 is 0. The van der Waals surface area contributed by atoms with Gasteiger partial charge < -0.3 is 0 Å². The number of rotatable bonds is 8. The number of tetrazole rings is 1. The molecule has 2 heterocycles. The zero-order valence-corrected chi connectivity index (χ0v) is 18.1. The fourth-order valence-corrected chi connectivity index (χ4v) is 3.62. The van der Waals surface area contributed by atoms with E-state index in [0.29, 0.717) is 18.9 Å². The lowest BCUT2D eigenvalue weighted by atomic mass is 10.0. The molecule has 0 saturated heterocycles. The Morgan fingerprint density at radius 1 is 1.03 bits per heavy atom. The summed E-state index contributed by atoms with van der Waals surface area (Å²) in [7, 11) is 0. The van der Waals surface area contributed by atoms with Gasteiger partial charge in [-0.15, -0.1) is 10.2 Å². The average Bonchev–Trinajstić information content (AvgIpc) is 3.44. The van der Waals surface area contributed by atoms with Crippen LogP contribution in [0.5, 0.6) is 0 Å². The monoisotopic (exact) mass is 417 g/mol. The normalized spacial score (nSPS) is 12.2. The van der Waals surface area contributed by atoms with Crippen molar-refractivity contribution in [3.63, 3.8) is 0 Å². The van der Waals surface area contributed by atoms with Gasteiger partial charge in [0.1, 0.15) is 5.82 Å². The maximum Gasteiger partial charge on any atom is 0.346 e. The number of aromatic nitrogens is 7. The van der Waals surface area contributed by atoms with E-state index in [0.717, 1.165) is 40.9 Å². The van der Waals surface area contributed by atoms with Crippen LogP contribution in [0.25, 0.3) is 22.5 Å². The summed E-state index contributed by atoms with van der Waals surface area (Å²) in [6.07, 6.45) is 1.83. The van der Waals surface area contributed by atoms with Gasteiger partial charge in [-0.1, -0.05) is 63.2 Å². The topological polar surface area (TPSA) is 94.3 Å². The van der Waals surface area contributed by atoms with Crippen molar-refractivity contribution in [1.82, 2.24) is 35.0 Å². The van der Waals surface area contributed by atoms with Crippen LogP contribution in [0, 0.1) is 0 Å². The first-order valence-electron chi connectivity index (χ1n) is 10.7. The number of nitrogens with zero attached hydrogens (tertiary/aromatic N) is 6. The van der Waals surface area contributed by atoms with Crippen molar-refractivity contribution < 1.29 is 0 Å². The highest BCUT2D eigenvalue weighted by molar-refractivity contribution is 5.70. The lowest BCUT2D eigenvalue weighted by Crippen LogP contribution is -2.26. The molecule has 0 radical (unpaired) electrons. The van der Waals surface area contributed by atoms with Crippen molar-refractivity contribution in [3.05, 3.63) is 70.4 Å². The van der Waals surface area contributed by atoms with Crippen molar-refractivity contribution in [3.8, 4) is 22.5 Å². The molecular formula is C23H27N7O. The summed E-state index contributed by atoms with van der Waals surface area (Å²) in [5.74, 6) is 1.66. The highest BCUT2D eigenvalue weighted by Crippen LogP contribution is 2.25. The van der Waals surface area contributed by atoms with E-state index in [4.69, 9.17) is 0 Å². The third-order valence-electron chi connectivity index (χ3n) is 5.53. The molecule has 1 N–H and O–H groups in total. The van der Waals surface area contributed by atoms with E-state index in [9.17, 15) is 4.79 Å². The fourth-order valence-electron chi connectivity index (χ4n) is 3.62. The summed E-state index contributed by atoms with van der Waals surface area (Å²) in [6, 6.07) is 16.3. The minimum atomic E-state index is -0.0333. The summed E-state index contributed by atoms with van der Waals surface area (Å²) in [4.78, 5) is 12.9. The molecule has 0 fully saturated rings. The average molecular weight is 418 g/mol. The van der Waals surface area contributed by atoms with Gasteiger partial charge in [0.05, 0.1) is 6.54 Å². The third-order valence-corrected chi connectivity index (χ3v) is 5.53. The number of H-pyrrole nitrogens is 1. The molecule has 1 atom stereocenters. The molecule has 0 aliphatic heterocycles. The second-order valence-electron chi connectivity index (χ2n) is 7.77. The quantitative estimate of drug-likeness (QED) is 0.470. The summed E-state index contributed by atoms with van der Waals surface area (Å²) in [6.45, 7) is 7.46. The lowest BCUT2D eigenvalue weighted by molar-refractivity contribution is 0.565. The molecule has 2 aromatic carbocycles. The van der Waals surface area contributed by atoms with Crippen LogP contribution in [0.1, 0.15) is 50.9 Å². The number of hydrogen-bond donors (Lipinski definition) is 1. The van der Waals surface area contributed by atoms with Crippen molar-refractivity contribution in [1.29, 1.82) is 0 Å². The molecule has 4 rings (SSSR count). The van der Waals surface area contributed by atoms with Gasteiger partial charge in [-0.05, 0) is 40.8 Å². The van der Waals surface area contributed by atoms with Crippen LogP contribution in [0.3, 0.4) is 0 Å². The maximum absolute atomic E-state index is 12.9. The molecule has 0 aliphatic rings. The Morgan fingerprint density at radius 2 is 1.81 bits per heavy atom. The Labute approximate surface area is 180 Å². The molecule has 1 unspecified atom stereocenters. The van der Waals surface area contributed by atoms with E-state index in [2.05, 4.69) is 76.8 Å². The highest BCUT2D eigenvalue weighted by atomic mass is 16.2. The summed E-state index contributed by atoms with van der Waals surface area (Å²) in [5, 5.41) is 18.8. The molecule has 2 aromatic heterocycles. The van der Waals surface area contributed by atoms with Gasteiger partial charge in [-0.3, -0.25) is 4.57 Å². The SMILES string of the molecule is CCCn1nc(C(C)CC)n(Cc2ccc(-c3cccc(-c4nn[nH]n4)c3)cc2)c1=O. The molecule has 0 bridgehead atoms. The van der Waals surface area contributed by atoms with E-state index in [-0.39, 0.29) is 11.6 Å². The molecule has 0 spiro atoms. The standard InChI is InChI=1S/C23H27N7O/c1-4-13-30-23(31)29(22(26-30)16(3)5-2)15-17-9-11-18(12-10-17)19-7-6-8-20(14-19)21-24-27-28-25-21/h6-12,14,16H,4-5,13,15H2,1-3H3,(H,24,25,27,28). The Hall–Kier alpha value is -3.55. The van der Waals surface area contributed by atoms with E-state index in [1.54, 1.807) is 4.68 Å². The first-order chi connectivity index (χ1) is 15.1. The number of hydrogen-bond acceptors (Lipinski definition) is 5. The lowest BCUT2D eigenvalue weighted by Gasteiger charge is -2.11. The molecule has 8 heteroatoms. The fraction of sp³-hybridized carbons (Fsp3) is 0.348. The second kappa shape index (κ2) is 9.07. The van der Waals surface area contributed by atoms with Crippen molar-refractivity contribution in [2.75, 3.05) is 0 Å². The molecule has 31 heavy (non-hydrogen) atoms. The zero-order chi connectivity index (χ0) is 21.8. The molecule has 8 nitrogen and oxygen atoms in total. The van der Waals surface area contributed by atoms with Crippen LogP contribution in [0.4, 0.5) is 0 Å². The maximum atomic E-state index is 12.9. The van der Waals surface area contributed by atoms with E-state index >= 15 is 0 Å². The predicted octanol–water partition coefficient (Wildman–Crippen LogP) is 3.86. The van der Waals surface area contributed by atoms with Crippen molar-refractivity contribution in [2.24, 2.45) is 0 Å². The smallest absolute Gasteiger partial charge is 0.274 e. The molecule has 160 valence electrons. The molecule has 0 saturated carbocycles. The van der Waals surface area contributed by atoms with Crippen LogP contribution in [-0.2, 0) is 13.1 Å². The zero-order valence-electron chi connectivity index (χ0n) is 18.1. The second-order valence-corrected chi connectivity index (χ2v) is 7.77. The van der Waals surface area contributed by atoms with E-state index in [1.165, 1.54) is 0 Å². The van der Waals surface area contributed by atoms with Crippen LogP contribution in [-0.4, -0.2) is 35.0 Å². The van der Waals surface area contributed by atoms with Crippen LogP contribution >= 0.6 is 0 Å². The molecule has 4 aromatic rings. The Morgan fingerprint density at radius 3 is 2.48 bits per heavy atom. The van der Waals surface area contributed by atoms with Crippen LogP contribution in [0.2, 0.25) is 0 Å². The minimum absolute atomic E-state index is 0.0333. The van der Waals surface area contributed by atoms with Gasteiger partial charge in [-0.25, -0.2) is 9.48 Å². The first kappa shape index (κ1) is 20.7. The largest absolute Gasteiger partial charge is 0.346 e. The summed E-state index contributed by atoms with van der Waals surface area (Å²) < 4.78 is 3.41. The Kier molecular flexibility index (Phi) is 6.06. The van der Waals surface area contributed by atoms with Crippen LogP contribution in [0.15, 0.2) is 53.3 Å². The van der Waals surface area contributed by atoms with Gasteiger partial charge in [0, 0.05) is 18.0 Å². The molecule has 0 aliphatic carbocycles. The first-order valence-corrected chi connectivity index (χ1v) is 10.7. The minimum Gasteiger partial charge on any atom is -0.274 e. The van der Waals surface area contributed by atoms with E-state index in [1.807, 2.05) is 22.8 Å². The number of nitrogens with one attached hydrogen (secondary N) is 1. The van der Waals surface area contributed by atoms with Gasteiger partial charge in [-0.2, -0.15) is 10.3 Å². The number of aryl methyl sites for hydroxylation is 1. The number of benzene rings is 2. The Bertz CT molecular complexity index is 1190. The third kappa shape index (κ3) is 4.33. The Balaban J connectivity index is 1.60. The molecule has 0 amide bonds. The van der Waals surface area contributed by atoms with Gasteiger partial charge in [0.15, 0.2) is 0 Å². The van der Waals surface area contributed by atoms with Crippen molar-refractivity contribution >= 4 is 0 Å². The van der Waals surface area contributed by atoms with Gasteiger partial charge in [0.2, 0.25) is 5.82 Å². The number of aromatic amines is 1. The van der Waals surface area contributed by atoms with Gasteiger partial charge in [0.25, 0.3) is 0 Å². The van der Waals surface area contributed by atoms with Crippen LogP contribution < -0.4 is 5.69 Å². The molecular weight excluding hydrogens is 390 g/mol. The highest BCUT2D eigenvalue weighted by Gasteiger charge is 2.17. The van der Waals surface area contributed by atoms with E-state index < -0.39 is 0 Å².